The number of ether oxygens (including phenoxy) is 1. The highest BCUT2D eigenvalue weighted by atomic mass is 16.6. The van der Waals surface area contributed by atoms with Gasteiger partial charge in [-0.3, -0.25) is 4.98 Å². The van der Waals surface area contributed by atoms with Crippen molar-refractivity contribution in [1.29, 1.82) is 0 Å². The van der Waals surface area contributed by atoms with Gasteiger partial charge in [0.2, 0.25) is 0 Å². The van der Waals surface area contributed by atoms with Crippen LogP contribution >= 0.6 is 0 Å². The summed E-state index contributed by atoms with van der Waals surface area (Å²) < 4.78 is 5.45. The van der Waals surface area contributed by atoms with Crippen molar-refractivity contribution in [3.05, 3.63) is 107 Å². The van der Waals surface area contributed by atoms with E-state index in [0.29, 0.717) is 18.3 Å². The van der Waals surface area contributed by atoms with Gasteiger partial charge in [-0.2, -0.15) is 0 Å². The van der Waals surface area contributed by atoms with Crippen LogP contribution in [0.15, 0.2) is 90.4 Å². The lowest BCUT2D eigenvalue weighted by Crippen LogP contribution is -2.16. The van der Waals surface area contributed by atoms with Crippen LogP contribution in [0.1, 0.15) is 28.7 Å². The molecule has 1 heterocycles. The molecule has 1 atom stereocenters. The second-order valence-corrected chi connectivity index (χ2v) is 7.84. The summed E-state index contributed by atoms with van der Waals surface area (Å²) in [6.07, 6.45) is 10.4. The van der Waals surface area contributed by atoms with Gasteiger partial charge in [-0.25, -0.2) is 4.79 Å². The van der Waals surface area contributed by atoms with E-state index < -0.39 is 5.97 Å². The van der Waals surface area contributed by atoms with Crippen LogP contribution in [-0.4, -0.2) is 35.0 Å². The van der Waals surface area contributed by atoms with Crippen LogP contribution in [0.2, 0.25) is 0 Å². The van der Waals surface area contributed by atoms with Crippen LogP contribution in [0.3, 0.4) is 0 Å². The first-order chi connectivity index (χ1) is 16.2. The number of aliphatic carboxylic acids is 1. The Morgan fingerprint density at radius 2 is 1.85 bits per heavy atom. The van der Waals surface area contributed by atoms with Crippen molar-refractivity contribution in [2.75, 3.05) is 13.2 Å². The van der Waals surface area contributed by atoms with Gasteiger partial charge in [0.05, 0.1) is 0 Å². The SMILES string of the molecule is O=C(O)COc1cccc2c1CCC(/C=C/CO/N=C(/c1ccccc1)c1ccncc1)C2. The lowest BCUT2D eigenvalue weighted by atomic mass is 9.83. The van der Waals surface area contributed by atoms with Gasteiger partial charge in [0.15, 0.2) is 6.61 Å². The summed E-state index contributed by atoms with van der Waals surface area (Å²) >= 11 is 0. The number of nitrogens with zero attached hydrogens (tertiary/aromatic N) is 2. The number of carbonyl (C=O) groups is 1. The largest absolute Gasteiger partial charge is 0.482 e. The highest BCUT2D eigenvalue weighted by Crippen LogP contribution is 2.32. The molecule has 33 heavy (non-hydrogen) atoms. The third-order valence-corrected chi connectivity index (χ3v) is 5.56. The Morgan fingerprint density at radius 1 is 1.06 bits per heavy atom. The maximum absolute atomic E-state index is 10.8. The number of carboxylic acids is 1. The monoisotopic (exact) mass is 442 g/mol. The summed E-state index contributed by atoms with van der Waals surface area (Å²) in [6, 6.07) is 19.6. The Bertz CT molecular complexity index is 1090. The Labute approximate surface area is 193 Å². The van der Waals surface area contributed by atoms with Crippen molar-refractivity contribution < 1.29 is 19.5 Å². The zero-order chi connectivity index (χ0) is 22.9. The van der Waals surface area contributed by atoms with E-state index in [-0.39, 0.29) is 6.61 Å². The number of hydrogen-bond donors (Lipinski definition) is 1. The van der Waals surface area contributed by atoms with E-state index >= 15 is 0 Å². The minimum atomic E-state index is -0.966. The van der Waals surface area contributed by atoms with E-state index in [1.54, 1.807) is 12.4 Å². The molecule has 2 aromatic carbocycles. The van der Waals surface area contributed by atoms with Gasteiger partial charge < -0.3 is 14.7 Å². The fourth-order valence-electron chi connectivity index (χ4n) is 4.01. The van der Waals surface area contributed by atoms with Crippen LogP contribution in [0, 0.1) is 5.92 Å². The minimum Gasteiger partial charge on any atom is -0.482 e. The van der Waals surface area contributed by atoms with E-state index in [9.17, 15) is 4.79 Å². The topological polar surface area (TPSA) is 81.0 Å². The molecule has 3 aromatic rings. The molecule has 4 rings (SSSR count). The Balaban J connectivity index is 1.36. The number of hydrogen-bond acceptors (Lipinski definition) is 5. The lowest BCUT2D eigenvalue weighted by Gasteiger charge is -2.24. The fourth-order valence-corrected chi connectivity index (χ4v) is 4.01. The number of allylic oxidation sites excluding steroid dienone is 1. The zero-order valence-corrected chi connectivity index (χ0v) is 18.3. The number of oxime groups is 1. The molecule has 1 unspecified atom stereocenters. The highest BCUT2D eigenvalue weighted by Gasteiger charge is 2.20. The number of rotatable bonds is 9. The average Bonchev–Trinajstić information content (AvgIpc) is 2.85. The summed E-state index contributed by atoms with van der Waals surface area (Å²) in [7, 11) is 0. The minimum absolute atomic E-state index is 0.317. The van der Waals surface area contributed by atoms with Crippen LogP contribution in [0.25, 0.3) is 0 Å². The van der Waals surface area contributed by atoms with Crippen molar-refractivity contribution >= 4 is 11.7 Å². The first-order valence-electron chi connectivity index (χ1n) is 11.0. The molecule has 1 N–H and O–H groups in total. The van der Waals surface area contributed by atoms with Crippen molar-refractivity contribution in [2.45, 2.75) is 19.3 Å². The normalized spacial score (nSPS) is 15.8. The first kappa shape index (κ1) is 22.3. The van der Waals surface area contributed by atoms with Crippen LogP contribution in [0.5, 0.6) is 5.75 Å². The predicted molar refractivity (Wildman–Crippen MR) is 126 cm³/mol. The number of carboxylic acid groups (broad SMARTS) is 1. The molecule has 1 aliphatic rings. The molecular formula is C27H26N2O4. The smallest absolute Gasteiger partial charge is 0.341 e. The van der Waals surface area contributed by atoms with Gasteiger partial charge in [-0.1, -0.05) is 53.7 Å². The second-order valence-electron chi connectivity index (χ2n) is 7.84. The van der Waals surface area contributed by atoms with Crippen molar-refractivity contribution in [3.8, 4) is 5.75 Å². The molecule has 0 radical (unpaired) electrons. The van der Waals surface area contributed by atoms with Crippen molar-refractivity contribution in [3.63, 3.8) is 0 Å². The lowest BCUT2D eigenvalue weighted by molar-refractivity contribution is -0.139. The van der Waals surface area contributed by atoms with Gasteiger partial charge in [-0.15, -0.1) is 0 Å². The van der Waals surface area contributed by atoms with Crippen molar-refractivity contribution in [1.82, 2.24) is 4.98 Å². The fraction of sp³-hybridized carbons (Fsp3) is 0.222. The predicted octanol–water partition coefficient (Wildman–Crippen LogP) is 4.68. The zero-order valence-electron chi connectivity index (χ0n) is 18.3. The molecular weight excluding hydrogens is 416 g/mol. The molecule has 6 nitrogen and oxygen atoms in total. The van der Waals surface area contributed by atoms with Crippen LogP contribution in [0.4, 0.5) is 0 Å². The Hall–Kier alpha value is -3.93. The number of aromatic nitrogens is 1. The second kappa shape index (κ2) is 11.1. The van der Waals surface area contributed by atoms with E-state index in [4.69, 9.17) is 14.7 Å². The molecule has 0 saturated carbocycles. The number of pyridine rings is 1. The molecule has 0 amide bonds. The van der Waals surface area contributed by atoms with Gasteiger partial charge in [0, 0.05) is 23.5 Å². The van der Waals surface area contributed by atoms with Gasteiger partial charge in [-0.05, 0) is 60.6 Å². The summed E-state index contributed by atoms with van der Waals surface area (Å²) in [5.41, 5.74) is 5.03. The van der Waals surface area contributed by atoms with Crippen molar-refractivity contribution in [2.24, 2.45) is 11.1 Å². The highest BCUT2D eigenvalue weighted by molar-refractivity contribution is 6.12. The summed E-state index contributed by atoms with van der Waals surface area (Å²) in [5.74, 6) is 0.111. The molecule has 0 spiro atoms. The number of fused-ring (bicyclic) bond motifs is 1. The molecule has 168 valence electrons. The Kier molecular flexibility index (Phi) is 7.48. The average molecular weight is 443 g/mol. The summed E-state index contributed by atoms with van der Waals surface area (Å²) in [4.78, 5) is 20.5. The van der Waals surface area contributed by atoms with Crippen LogP contribution in [-0.2, 0) is 22.5 Å². The molecule has 6 heteroatoms. The standard InChI is InChI=1S/C27H26N2O4/c30-26(31)19-32-25-10-4-9-23-18-20(11-12-24(23)25)6-5-17-33-29-27(21-7-2-1-3-8-21)22-13-15-28-16-14-22/h1-10,13-16,20H,11-12,17-19H2,(H,30,31)/b6-5+,29-27-. The maximum Gasteiger partial charge on any atom is 0.341 e. The van der Waals surface area contributed by atoms with E-state index in [1.807, 2.05) is 60.7 Å². The van der Waals surface area contributed by atoms with E-state index in [0.717, 1.165) is 41.7 Å². The molecule has 0 bridgehead atoms. The van der Waals surface area contributed by atoms with E-state index in [1.165, 1.54) is 5.56 Å². The first-order valence-corrected chi connectivity index (χ1v) is 11.0. The van der Waals surface area contributed by atoms with Crippen LogP contribution < -0.4 is 4.74 Å². The molecule has 0 aliphatic heterocycles. The molecule has 0 fully saturated rings. The van der Waals surface area contributed by atoms with Gasteiger partial charge >= 0.3 is 5.97 Å². The third-order valence-electron chi connectivity index (χ3n) is 5.56. The summed E-state index contributed by atoms with van der Waals surface area (Å²) in [5, 5.41) is 13.3. The quantitative estimate of drug-likeness (QED) is 0.225. The molecule has 1 aliphatic carbocycles. The van der Waals surface area contributed by atoms with Gasteiger partial charge in [0.25, 0.3) is 0 Å². The van der Waals surface area contributed by atoms with Gasteiger partial charge in [0.1, 0.15) is 18.1 Å². The van der Waals surface area contributed by atoms with E-state index in [2.05, 4.69) is 22.3 Å². The maximum atomic E-state index is 10.8. The number of benzene rings is 2. The third kappa shape index (κ3) is 6.07. The Morgan fingerprint density at radius 3 is 2.64 bits per heavy atom. The summed E-state index contributed by atoms with van der Waals surface area (Å²) in [6.45, 7) is 0.0641. The molecule has 1 aromatic heterocycles. The molecule has 0 saturated heterocycles.